The van der Waals surface area contributed by atoms with E-state index in [1.807, 2.05) is 12.2 Å². The zero-order valence-electron chi connectivity index (χ0n) is 47.9. The SMILES string of the molecule is CC/C=C\C/C=C\C/C=C\C/C=C\C/C=C\CCCC(=O)OC(COC(=O)CCCCCCCCCCC/C=C\C/C=C\CCCCC)COP(=O)(O)OCC(CO)OC(=O)CCCCCCC/C=C\C/C=C\CCC. The van der Waals surface area contributed by atoms with Gasteiger partial charge in [0.05, 0.1) is 19.8 Å². The Morgan fingerprint density at radius 1 is 0.382 bits per heavy atom. The zero-order valence-corrected chi connectivity index (χ0v) is 48.8. The first kappa shape index (κ1) is 72.1. The number of unbranched alkanes of at least 4 members (excludes halogenated alkanes) is 19. The summed E-state index contributed by atoms with van der Waals surface area (Å²) < 4.78 is 39.5. The summed E-state index contributed by atoms with van der Waals surface area (Å²) in [4.78, 5) is 48.6. The van der Waals surface area contributed by atoms with Crippen molar-refractivity contribution in [3.63, 3.8) is 0 Å². The Balaban J connectivity index is 4.82. The van der Waals surface area contributed by atoms with Crippen molar-refractivity contribution in [2.24, 2.45) is 0 Å². The molecular formula is C64H107O11P. The largest absolute Gasteiger partial charge is 0.472 e. The van der Waals surface area contributed by atoms with Crippen molar-refractivity contribution >= 4 is 25.7 Å². The maximum atomic E-state index is 12.9. The molecule has 0 aliphatic heterocycles. The number of rotatable bonds is 54. The number of carbonyl (C=O) groups excluding carboxylic acids is 3. The van der Waals surface area contributed by atoms with Crippen LogP contribution in [0.2, 0.25) is 0 Å². The van der Waals surface area contributed by atoms with Gasteiger partial charge in [0.25, 0.3) is 0 Å². The van der Waals surface area contributed by atoms with Crippen LogP contribution in [0.3, 0.4) is 0 Å². The van der Waals surface area contributed by atoms with Crippen molar-refractivity contribution < 1.29 is 52.2 Å². The number of phosphoric ester groups is 1. The number of hydrogen-bond acceptors (Lipinski definition) is 10. The maximum absolute atomic E-state index is 12.9. The van der Waals surface area contributed by atoms with Gasteiger partial charge >= 0.3 is 25.7 Å². The normalized spacial score (nSPS) is 14.1. The molecule has 0 radical (unpaired) electrons. The number of ether oxygens (including phenoxy) is 3. The van der Waals surface area contributed by atoms with Gasteiger partial charge < -0.3 is 24.2 Å². The van der Waals surface area contributed by atoms with E-state index in [9.17, 15) is 28.9 Å². The predicted molar refractivity (Wildman–Crippen MR) is 316 cm³/mol. The summed E-state index contributed by atoms with van der Waals surface area (Å²) >= 11 is 0. The fourth-order valence-corrected chi connectivity index (χ4v) is 8.42. The molecule has 0 aromatic carbocycles. The van der Waals surface area contributed by atoms with Gasteiger partial charge in [0.2, 0.25) is 0 Å². The highest BCUT2D eigenvalue weighted by molar-refractivity contribution is 7.47. The summed E-state index contributed by atoms with van der Waals surface area (Å²) in [5.41, 5.74) is 0. The van der Waals surface area contributed by atoms with Crippen molar-refractivity contribution in [2.45, 2.75) is 251 Å². The topological polar surface area (TPSA) is 155 Å². The molecule has 0 fully saturated rings. The van der Waals surface area contributed by atoms with Gasteiger partial charge in [0, 0.05) is 19.3 Å². The minimum absolute atomic E-state index is 0.0827. The highest BCUT2D eigenvalue weighted by Crippen LogP contribution is 2.43. The average Bonchev–Trinajstić information content (AvgIpc) is 3.41. The van der Waals surface area contributed by atoms with E-state index in [0.717, 1.165) is 116 Å². The lowest BCUT2D eigenvalue weighted by Crippen LogP contribution is -2.30. The Morgan fingerprint density at radius 2 is 0.724 bits per heavy atom. The van der Waals surface area contributed by atoms with Crippen LogP contribution in [-0.2, 0) is 42.2 Å². The highest BCUT2D eigenvalue weighted by Gasteiger charge is 2.28. The van der Waals surface area contributed by atoms with Crippen LogP contribution >= 0.6 is 7.82 Å². The summed E-state index contributed by atoms with van der Waals surface area (Å²) in [5.74, 6) is -1.56. The van der Waals surface area contributed by atoms with Crippen LogP contribution in [-0.4, -0.2) is 66.5 Å². The van der Waals surface area contributed by atoms with Gasteiger partial charge in [-0.3, -0.25) is 23.4 Å². The summed E-state index contributed by atoms with van der Waals surface area (Å²) in [6, 6.07) is 0. The third-order valence-corrected chi connectivity index (χ3v) is 13.1. The lowest BCUT2D eigenvalue weighted by molar-refractivity contribution is -0.161. The monoisotopic (exact) mass is 1080 g/mol. The molecule has 0 aliphatic rings. The molecule has 76 heavy (non-hydrogen) atoms. The van der Waals surface area contributed by atoms with E-state index < -0.39 is 57.8 Å². The molecule has 0 aliphatic carbocycles. The second-order valence-electron chi connectivity index (χ2n) is 19.4. The molecule has 3 unspecified atom stereocenters. The predicted octanol–water partition coefficient (Wildman–Crippen LogP) is 17.8. The second kappa shape index (κ2) is 57.3. The van der Waals surface area contributed by atoms with Crippen molar-refractivity contribution in [3.8, 4) is 0 Å². The molecule has 11 nitrogen and oxygen atoms in total. The van der Waals surface area contributed by atoms with Gasteiger partial charge in [-0.2, -0.15) is 0 Å². The molecule has 0 heterocycles. The summed E-state index contributed by atoms with van der Waals surface area (Å²) in [5, 5.41) is 9.81. The van der Waals surface area contributed by atoms with E-state index >= 15 is 0 Å². The van der Waals surface area contributed by atoms with E-state index in [2.05, 4.69) is 118 Å². The van der Waals surface area contributed by atoms with E-state index in [1.54, 1.807) is 0 Å². The van der Waals surface area contributed by atoms with Crippen LogP contribution in [0.1, 0.15) is 239 Å². The molecule has 0 aromatic rings. The number of allylic oxidation sites excluding steroid dienone is 18. The quantitative estimate of drug-likeness (QED) is 0.0197. The van der Waals surface area contributed by atoms with Gasteiger partial charge in [-0.25, -0.2) is 4.57 Å². The molecule has 12 heteroatoms. The smallest absolute Gasteiger partial charge is 0.462 e. The Kier molecular flexibility index (Phi) is 54.4. The van der Waals surface area contributed by atoms with E-state index in [1.165, 1.54) is 57.8 Å². The number of carbonyl (C=O) groups is 3. The lowest BCUT2D eigenvalue weighted by atomic mass is 10.1. The average molecular weight is 1080 g/mol. The van der Waals surface area contributed by atoms with E-state index in [0.29, 0.717) is 25.7 Å². The van der Waals surface area contributed by atoms with Crippen molar-refractivity contribution in [3.05, 3.63) is 109 Å². The molecule has 0 saturated carbocycles. The Bertz CT molecular complexity index is 1690. The van der Waals surface area contributed by atoms with Crippen LogP contribution in [0, 0.1) is 0 Å². The van der Waals surface area contributed by atoms with Gasteiger partial charge in [-0.15, -0.1) is 0 Å². The minimum Gasteiger partial charge on any atom is -0.462 e. The molecular weight excluding hydrogens is 976 g/mol. The molecule has 3 atom stereocenters. The van der Waals surface area contributed by atoms with Crippen LogP contribution < -0.4 is 0 Å². The molecule has 0 aromatic heterocycles. The van der Waals surface area contributed by atoms with Crippen molar-refractivity contribution in [1.29, 1.82) is 0 Å². The number of aliphatic hydroxyl groups is 1. The number of hydrogen-bond donors (Lipinski definition) is 2. The van der Waals surface area contributed by atoms with Crippen molar-refractivity contribution in [2.75, 3.05) is 26.4 Å². The summed E-state index contributed by atoms with van der Waals surface area (Å²) in [7, 11) is -4.77. The molecule has 0 amide bonds. The van der Waals surface area contributed by atoms with E-state index in [-0.39, 0.29) is 25.9 Å². The van der Waals surface area contributed by atoms with Crippen LogP contribution in [0.25, 0.3) is 0 Å². The molecule has 2 N–H and O–H groups in total. The Hall–Kier alpha value is -3.86. The molecule has 0 saturated heterocycles. The molecule has 0 spiro atoms. The number of esters is 3. The first-order valence-corrected chi connectivity index (χ1v) is 31.3. The molecule has 0 bridgehead atoms. The summed E-state index contributed by atoms with van der Waals surface area (Å²) in [6.07, 6.45) is 69.1. The van der Waals surface area contributed by atoms with Gasteiger partial charge in [-0.05, 0) is 116 Å². The minimum atomic E-state index is -4.77. The number of phosphoric acid groups is 1. The standard InChI is InChI=1S/C64H107O11P/c1-4-7-10-13-16-19-22-25-27-29-30-32-33-36-38-41-44-47-50-53-62(66)71-57-61(75-64(68)55-52-49-46-43-40-37-34-31-28-26-23-20-17-14-11-8-5-2)59-73-76(69,70)72-58-60(56-65)74-63(67)54-51-48-45-42-39-35-24-21-18-15-12-9-6-3/h8,11-12,15-17,19-21,24-28,34,37,43,46,60-61,65H,4-7,9-10,13-14,18,22-23,29-33,35-36,38-42,44-45,47-59H2,1-3H3,(H,69,70)/b11-8-,15-12-,19-16-,20-17-,24-21-,27-25-,28-26-,37-34-,46-43-. The van der Waals surface area contributed by atoms with Gasteiger partial charge in [-0.1, -0.05) is 214 Å². The zero-order chi connectivity index (χ0) is 55.5. The van der Waals surface area contributed by atoms with Gasteiger partial charge in [0.15, 0.2) is 6.10 Å². The Morgan fingerprint density at radius 3 is 1.16 bits per heavy atom. The van der Waals surface area contributed by atoms with Crippen LogP contribution in [0.15, 0.2) is 109 Å². The first-order valence-electron chi connectivity index (χ1n) is 29.8. The fourth-order valence-electron chi connectivity index (χ4n) is 7.64. The lowest BCUT2D eigenvalue weighted by Gasteiger charge is -2.21. The Labute approximate surface area is 463 Å². The van der Waals surface area contributed by atoms with Gasteiger partial charge in [0.1, 0.15) is 12.7 Å². The third-order valence-electron chi connectivity index (χ3n) is 12.1. The highest BCUT2D eigenvalue weighted by atomic mass is 31.2. The van der Waals surface area contributed by atoms with Crippen LogP contribution in [0.4, 0.5) is 0 Å². The fraction of sp³-hybridized carbons (Fsp3) is 0.672. The molecule has 0 rings (SSSR count). The molecule has 434 valence electrons. The summed E-state index contributed by atoms with van der Waals surface area (Å²) in [6.45, 7) is 4.35. The first-order chi connectivity index (χ1) is 37.2. The number of aliphatic hydroxyl groups excluding tert-OH is 1. The van der Waals surface area contributed by atoms with Crippen LogP contribution in [0.5, 0.6) is 0 Å². The maximum Gasteiger partial charge on any atom is 0.472 e. The van der Waals surface area contributed by atoms with E-state index in [4.69, 9.17) is 23.3 Å². The third kappa shape index (κ3) is 54.9. The van der Waals surface area contributed by atoms with Crippen molar-refractivity contribution in [1.82, 2.24) is 0 Å². The second-order valence-corrected chi connectivity index (χ2v) is 20.9.